The largest absolute Gasteiger partial charge is 0.444 e. The van der Waals surface area contributed by atoms with E-state index in [1.54, 1.807) is 0 Å². The summed E-state index contributed by atoms with van der Waals surface area (Å²) in [5.41, 5.74) is -0.649. The number of amides is 2. The summed E-state index contributed by atoms with van der Waals surface area (Å²) < 4.78 is 5.49. The zero-order valence-corrected chi connectivity index (χ0v) is 11.9. The van der Waals surface area contributed by atoms with E-state index in [0.29, 0.717) is 0 Å². The standard InChI is InChI=1S/C14H22N2O3/c1-13(2,3)19-12(18)16-9-4-5-10(16)7-14(6-9)8-15-11(14)17/h9-10H,4-8H2,1-3H3,(H,15,17)/t9-,10+,14?. The van der Waals surface area contributed by atoms with Gasteiger partial charge in [0.1, 0.15) is 5.60 Å². The number of rotatable bonds is 0. The molecule has 0 radical (unpaired) electrons. The average Bonchev–Trinajstić information content (AvgIpc) is 2.57. The van der Waals surface area contributed by atoms with Crippen LogP contribution in [-0.2, 0) is 9.53 Å². The van der Waals surface area contributed by atoms with Gasteiger partial charge in [-0.2, -0.15) is 0 Å². The van der Waals surface area contributed by atoms with Gasteiger partial charge in [-0.05, 0) is 46.5 Å². The van der Waals surface area contributed by atoms with E-state index in [9.17, 15) is 9.59 Å². The van der Waals surface area contributed by atoms with Crippen molar-refractivity contribution >= 4 is 12.0 Å². The zero-order valence-electron chi connectivity index (χ0n) is 11.9. The lowest BCUT2D eigenvalue weighted by Gasteiger charge is -2.50. The molecule has 1 unspecified atom stereocenters. The molecule has 2 bridgehead atoms. The number of piperidine rings is 1. The molecule has 0 aromatic rings. The summed E-state index contributed by atoms with van der Waals surface area (Å²) in [4.78, 5) is 26.0. The van der Waals surface area contributed by atoms with Gasteiger partial charge in [0, 0.05) is 18.6 Å². The summed E-state index contributed by atoms with van der Waals surface area (Å²) in [5, 5.41) is 2.85. The van der Waals surface area contributed by atoms with Crippen LogP contribution in [0.25, 0.3) is 0 Å². The van der Waals surface area contributed by atoms with Gasteiger partial charge in [-0.15, -0.1) is 0 Å². The number of nitrogens with one attached hydrogen (secondary N) is 1. The second kappa shape index (κ2) is 3.87. The number of carbonyl (C=O) groups is 2. The molecule has 5 nitrogen and oxygen atoms in total. The Morgan fingerprint density at radius 1 is 1.32 bits per heavy atom. The maximum Gasteiger partial charge on any atom is 0.410 e. The van der Waals surface area contributed by atoms with Crippen molar-refractivity contribution in [2.45, 2.75) is 64.1 Å². The molecule has 0 aromatic heterocycles. The predicted molar refractivity (Wildman–Crippen MR) is 69.6 cm³/mol. The zero-order chi connectivity index (χ0) is 13.8. The normalized spacial score (nSPS) is 37.0. The summed E-state index contributed by atoms with van der Waals surface area (Å²) in [6.45, 7) is 6.44. The quantitative estimate of drug-likeness (QED) is 0.678. The second-order valence-corrected chi connectivity index (χ2v) is 7.14. The highest BCUT2D eigenvalue weighted by Crippen LogP contribution is 2.48. The van der Waals surface area contributed by atoms with Crippen molar-refractivity contribution in [1.29, 1.82) is 0 Å². The number of nitrogens with zero attached hydrogens (tertiary/aromatic N) is 1. The fraction of sp³-hybridized carbons (Fsp3) is 0.857. The number of ether oxygens (including phenoxy) is 1. The highest BCUT2D eigenvalue weighted by molar-refractivity contribution is 5.89. The fourth-order valence-corrected chi connectivity index (χ4v) is 3.70. The molecule has 19 heavy (non-hydrogen) atoms. The number of hydrogen-bond acceptors (Lipinski definition) is 3. The average molecular weight is 266 g/mol. The first kappa shape index (κ1) is 12.8. The predicted octanol–water partition coefficient (Wildman–Crippen LogP) is 1.66. The van der Waals surface area contributed by atoms with Crippen LogP contribution in [0.1, 0.15) is 46.5 Å². The van der Waals surface area contributed by atoms with Crippen molar-refractivity contribution in [3.8, 4) is 0 Å². The molecule has 1 N–H and O–H groups in total. The Morgan fingerprint density at radius 3 is 2.26 bits per heavy atom. The van der Waals surface area contributed by atoms with Gasteiger partial charge < -0.3 is 15.0 Å². The molecule has 3 rings (SSSR count). The summed E-state index contributed by atoms with van der Waals surface area (Å²) in [5.74, 6) is 0.174. The number of hydrogen-bond donors (Lipinski definition) is 1. The Labute approximate surface area is 113 Å². The van der Waals surface area contributed by atoms with Crippen LogP contribution < -0.4 is 5.32 Å². The smallest absolute Gasteiger partial charge is 0.410 e. The van der Waals surface area contributed by atoms with Gasteiger partial charge in [0.25, 0.3) is 0 Å². The Morgan fingerprint density at radius 2 is 1.89 bits per heavy atom. The molecule has 106 valence electrons. The van der Waals surface area contributed by atoms with Crippen molar-refractivity contribution in [3.63, 3.8) is 0 Å². The summed E-state index contributed by atoms with van der Waals surface area (Å²) in [7, 11) is 0. The van der Waals surface area contributed by atoms with Gasteiger partial charge in [-0.1, -0.05) is 0 Å². The van der Waals surface area contributed by atoms with Crippen molar-refractivity contribution in [2.75, 3.05) is 6.54 Å². The highest BCUT2D eigenvalue weighted by atomic mass is 16.6. The van der Waals surface area contributed by atoms with E-state index in [4.69, 9.17) is 4.74 Å². The molecule has 0 aliphatic carbocycles. The van der Waals surface area contributed by atoms with E-state index in [0.717, 1.165) is 32.2 Å². The molecular formula is C14H22N2O3. The van der Waals surface area contributed by atoms with Gasteiger partial charge in [0.15, 0.2) is 0 Å². The minimum Gasteiger partial charge on any atom is -0.444 e. The van der Waals surface area contributed by atoms with Crippen LogP contribution in [0.15, 0.2) is 0 Å². The Bertz CT molecular complexity index is 413. The third kappa shape index (κ3) is 1.99. The van der Waals surface area contributed by atoms with E-state index >= 15 is 0 Å². The van der Waals surface area contributed by atoms with Gasteiger partial charge in [-0.25, -0.2) is 4.79 Å². The van der Waals surface area contributed by atoms with Crippen molar-refractivity contribution < 1.29 is 14.3 Å². The Kier molecular flexibility index (Phi) is 2.60. The third-order valence-corrected chi connectivity index (χ3v) is 4.55. The third-order valence-electron chi connectivity index (χ3n) is 4.55. The molecule has 5 heteroatoms. The molecule has 3 atom stereocenters. The summed E-state index contributed by atoms with van der Waals surface area (Å²) in [6, 6.07) is 0.360. The van der Waals surface area contributed by atoms with Crippen LogP contribution in [0.2, 0.25) is 0 Å². The SMILES string of the molecule is CC(C)(C)OC(=O)N1[C@@H]2CC[C@H]1CC1(CNC1=O)C2. The number of carbonyl (C=O) groups excluding carboxylic acids is 2. The molecule has 2 amide bonds. The van der Waals surface area contributed by atoms with Gasteiger partial charge in [0.2, 0.25) is 5.91 Å². The van der Waals surface area contributed by atoms with E-state index in [2.05, 4.69) is 5.32 Å². The molecular weight excluding hydrogens is 244 g/mol. The molecule has 3 aliphatic rings. The number of β-lactam (4-membered cyclic amide) rings is 1. The van der Waals surface area contributed by atoms with E-state index in [-0.39, 0.29) is 29.5 Å². The fourth-order valence-electron chi connectivity index (χ4n) is 3.70. The van der Waals surface area contributed by atoms with Crippen molar-refractivity contribution in [1.82, 2.24) is 10.2 Å². The summed E-state index contributed by atoms with van der Waals surface area (Å²) >= 11 is 0. The van der Waals surface area contributed by atoms with Crippen LogP contribution in [0.3, 0.4) is 0 Å². The molecule has 1 spiro atoms. The first-order valence-corrected chi connectivity index (χ1v) is 7.10. The lowest BCUT2D eigenvalue weighted by atomic mass is 9.70. The lowest BCUT2D eigenvalue weighted by molar-refractivity contribution is -0.146. The van der Waals surface area contributed by atoms with Gasteiger partial charge >= 0.3 is 6.09 Å². The molecule has 0 aromatic carbocycles. The monoisotopic (exact) mass is 266 g/mol. The topological polar surface area (TPSA) is 58.6 Å². The van der Waals surface area contributed by atoms with E-state index in [1.807, 2.05) is 25.7 Å². The second-order valence-electron chi connectivity index (χ2n) is 7.14. The van der Waals surface area contributed by atoms with Gasteiger partial charge in [0.05, 0.1) is 5.41 Å². The molecule has 3 aliphatic heterocycles. The molecule has 0 saturated carbocycles. The maximum atomic E-state index is 12.3. The first-order chi connectivity index (χ1) is 8.81. The van der Waals surface area contributed by atoms with Crippen LogP contribution in [0, 0.1) is 5.41 Å². The molecule has 3 saturated heterocycles. The minimum absolute atomic E-state index is 0.174. The van der Waals surface area contributed by atoms with Crippen molar-refractivity contribution in [3.05, 3.63) is 0 Å². The molecule has 3 heterocycles. The van der Waals surface area contributed by atoms with E-state index < -0.39 is 5.60 Å². The van der Waals surface area contributed by atoms with Gasteiger partial charge in [-0.3, -0.25) is 4.79 Å². The Balaban J connectivity index is 1.73. The van der Waals surface area contributed by atoms with E-state index in [1.165, 1.54) is 0 Å². The molecule has 3 fully saturated rings. The number of fused-ring (bicyclic) bond motifs is 2. The van der Waals surface area contributed by atoms with Crippen LogP contribution in [0.5, 0.6) is 0 Å². The lowest BCUT2D eigenvalue weighted by Crippen LogP contribution is -2.65. The van der Waals surface area contributed by atoms with Crippen LogP contribution in [0.4, 0.5) is 4.79 Å². The first-order valence-electron chi connectivity index (χ1n) is 7.10. The summed E-state index contributed by atoms with van der Waals surface area (Å²) in [6.07, 6.45) is 3.38. The highest BCUT2D eigenvalue weighted by Gasteiger charge is 2.57. The maximum absolute atomic E-state index is 12.3. The minimum atomic E-state index is -0.459. The van der Waals surface area contributed by atoms with Crippen molar-refractivity contribution in [2.24, 2.45) is 5.41 Å². The Hall–Kier alpha value is -1.26. The van der Waals surface area contributed by atoms with Crippen LogP contribution in [-0.4, -0.2) is 41.1 Å². The van der Waals surface area contributed by atoms with Crippen LogP contribution >= 0.6 is 0 Å².